The van der Waals surface area contributed by atoms with E-state index in [2.05, 4.69) is 42.0 Å². The highest BCUT2D eigenvalue weighted by Gasteiger charge is 2.26. The molecule has 0 bridgehead atoms. The Bertz CT molecular complexity index is 1360. The molecule has 1 aromatic heterocycles. The molecule has 218 valence electrons. The molecule has 1 aliphatic heterocycles. The van der Waals surface area contributed by atoms with Crippen LogP contribution < -0.4 is 5.73 Å². The Morgan fingerprint density at radius 3 is 2.66 bits per heavy atom. The number of nitrogens with two attached hydrogens (primary N) is 1. The summed E-state index contributed by atoms with van der Waals surface area (Å²) in [6, 6.07) is 16.5. The number of benzene rings is 2. The van der Waals surface area contributed by atoms with Gasteiger partial charge in [-0.2, -0.15) is 0 Å². The third-order valence-corrected chi connectivity index (χ3v) is 7.87. The minimum Gasteiger partial charge on any atom is -0.443 e. The van der Waals surface area contributed by atoms with Gasteiger partial charge in [-0.15, -0.1) is 11.3 Å². The van der Waals surface area contributed by atoms with Crippen molar-refractivity contribution in [3.63, 3.8) is 0 Å². The number of likely N-dealkylation sites (tertiary alicyclic amines) is 1. The lowest BCUT2D eigenvalue weighted by atomic mass is 10.0. The maximum absolute atomic E-state index is 12.3. The lowest BCUT2D eigenvalue weighted by Crippen LogP contribution is -2.44. The van der Waals surface area contributed by atoms with E-state index in [0.29, 0.717) is 19.4 Å². The molecule has 4 rings (SSSR count). The van der Waals surface area contributed by atoms with Crippen molar-refractivity contribution in [1.82, 2.24) is 14.8 Å². The molecule has 0 saturated carbocycles. The Labute approximate surface area is 247 Å². The number of carbonyl (C=O) groups is 1. The Kier molecular flexibility index (Phi) is 10.4. The SMILES string of the molecule is CN1CCC(OC(c2cccc(C#CCCCCN(C(=N)N)C(=O)OC(C)(C)C)c2)c2nc3ccccc3s2)CC1. The van der Waals surface area contributed by atoms with E-state index >= 15 is 0 Å². The number of nitrogens with zero attached hydrogens (tertiary/aromatic N) is 3. The number of para-hydroxylation sites is 1. The molecule has 3 aromatic rings. The molecule has 9 heteroatoms. The summed E-state index contributed by atoms with van der Waals surface area (Å²) in [6.45, 7) is 7.75. The average molecular weight is 576 g/mol. The average Bonchev–Trinajstić information content (AvgIpc) is 3.35. The number of carbonyl (C=O) groups excluding carboxylic acids is 1. The number of hydrogen-bond acceptors (Lipinski definition) is 7. The molecule has 3 N–H and O–H groups in total. The summed E-state index contributed by atoms with van der Waals surface area (Å²) >= 11 is 1.69. The van der Waals surface area contributed by atoms with Crippen LogP contribution >= 0.6 is 11.3 Å². The number of ether oxygens (including phenoxy) is 2. The molecule has 1 aliphatic rings. The van der Waals surface area contributed by atoms with Crippen molar-refractivity contribution in [2.45, 2.75) is 70.7 Å². The van der Waals surface area contributed by atoms with Gasteiger partial charge in [-0.1, -0.05) is 36.1 Å². The highest BCUT2D eigenvalue weighted by Crippen LogP contribution is 2.35. The van der Waals surface area contributed by atoms with Crippen LogP contribution in [-0.2, 0) is 9.47 Å². The number of hydrogen-bond donors (Lipinski definition) is 2. The maximum Gasteiger partial charge on any atom is 0.417 e. The lowest BCUT2D eigenvalue weighted by molar-refractivity contribution is -0.0234. The fourth-order valence-electron chi connectivity index (χ4n) is 4.65. The number of fused-ring (bicyclic) bond motifs is 1. The van der Waals surface area contributed by atoms with Gasteiger partial charge in [-0.25, -0.2) is 14.7 Å². The monoisotopic (exact) mass is 575 g/mol. The minimum absolute atomic E-state index is 0.188. The van der Waals surface area contributed by atoms with Crippen molar-refractivity contribution in [1.29, 1.82) is 5.41 Å². The first-order valence-corrected chi connectivity index (χ1v) is 15.0. The first kappa shape index (κ1) is 30.5. The quantitative estimate of drug-likeness (QED) is 0.145. The Morgan fingerprint density at radius 1 is 1.20 bits per heavy atom. The molecular weight excluding hydrogens is 534 g/mol. The minimum atomic E-state index is -0.644. The number of aromatic nitrogens is 1. The van der Waals surface area contributed by atoms with Gasteiger partial charge in [0.15, 0.2) is 5.96 Å². The smallest absolute Gasteiger partial charge is 0.417 e. The summed E-state index contributed by atoms with van der Waals surface area (Å²) in [7, 11) is 2.16. The van der Waals surface area contributed by atoms with Crippen LogP contribution in [0.15, 0.2) is 48.5 Å². The molecule has 0 spiro atoms. The van der Waals surface area contributed by atoms with Crippen LogP contribution in [0, 0.1) is 17.3 Å². The Balaban J connectivity index is 1.41. The van der Waals surface area contributed by atoms with E-state index in [-0.39, 0.29) is 18.2 Å². The first-order chi connectivity index (χ1) is 19.6. The highest BCUT2D eigenvalue weighted by molar-refractivity contribution is 7.18. The second-order valence-electron chi connectivity index (χ2n) is 11.4. The predicted molar refractivity (Wildman–Crippen MR) is 165 cm³/mol. The topological polar surface area (TPSA) is 105 Å². The van der Waals surface area contributed by atoms with Gasteiger partial charge in [0.05, 0.1) is 16.3 Å². The second kappa shape index (κ2) is 13.9. The van der Waals surface area contributed by atoms with E-state index in [0.717, 1.165) is 63.6 Å². The molecule has 0 aliphatic carbocycles. The molecule has 2 aromatic carbocycles. The maximum atomic E-state index is 12.3. The number of guanidine groups is 1. The predicted octanol–water partition coefficient (Wildman–Crippen LogP) is 6.15. The van der Waals surface area contributed by atoms with Gasteiger partial charge in [-0.3, -0.25) is 5.41 Å². The van der Waals surface area contributed by atoms with Crippen molar-refractivity contribution >= 4 is 33.6 Å². The van der Waals surface area contributed by atoms with Crippen LogP contribution in [0.3, 0.4) is 0 Å². The van der Waals surface area contributed by atoms with Gasteiger partial charge >= 0.3 is 6.09 Å². The van der Waals surface area contributed by atoms with E-state index in [9.17, 15) is 4.79 Å². The van der Waals surface area contributed by atoms with Gasteiger partial charge < -0.3 is 20.1 Å². The van der Waals surface area contributed by atoms with Crippen LogP contribution in [0.5, 0.6) is 0 Å². The summed E-state index contributed by atoms with van der Waals surface area (Å²) < 4.78 is 13.3. The second-order valence-corrected chi connectivity index (χ2v) is 12.5. The number of piperidine rings is 1. The molecule has 41 heavy (non-hydrogen) atoms. The van der Waals surface area contributed by atoms with Crippen LogP contribution in [0.2, 0.25) is 0 Å². The molecule has 0 radical (unpaired) electrons. The van der Waals surface area contributed by atoms with Gasteiger partial charge in [0.1, 0.15) is 16.7 Å². The summed E-state index contributed by atoms with van der Waals surface area (Å²) in [5, 5.41) is 8.68. The zero-order chi connectivity index (χ0) is 29.4. The van der Waals surface area contributed by atoms with Crippen molar-refractivity contribution < 1.29 is 14.3 Å². The summed E-state index contributed by atoms with van der Waals surface area (Å²) in [5.74, 6) is 6.23. The van der Waals surface area contributed by atoms with Crippen LogP contribution in [0.4, 0.5) is 4.79 Å². The number of nitrogens with one attached hydrogen (secondary N) is 1. The van der Waals surface area contributed by atoms with E-state index in [1.165, 1.54) is 0 Å². The van der Waals surface area contributed by atoms with Crippen LogP contribution in [-0.4, -0.2) is 65.2 Å². The van der Waals surface area contributed by atoms with E-state index in [4.69, 9.17) is 25.6 Å². The first-order valence-electron chi connectivity index (χ1n) is 14.2. The zero-order valence-corrected chi connectivity index (χ0v) is 25.3. The lowest BCUT2D eigenvalue weighted by Gasteiger charge is -2.31. The molecule has 1 unspecified atom stereocenters. The van der Waals surface area contributed by atoms with Gasteiger partial charge in [0.25, 0.3) is 0 Å². The van der Waals surface area contributed by atoms with Gasteiger partial charge in [0, 0.05) is 31.6 Å². The molecule has 1 saturated heterocycles. The van der Waals surface area contributed by atoms with E-state index < -0.39 is 11.7 Å². The molecule has 1 fully saturated rings. The normalized spacial score (nSPS) is 15.2. The summed E-state index contributed by atoms with van der Waals surface area (Å²) in [4.78, 5) is 20.8. The highest BCUT2D eigenvalue weighted by atomic mass is 32.1. The van der Waals surface area contributed by atoms with Gasteiger partial charge in [-0.05, 0) is 83.3 Å². The zero-order valence-electron chi connectivity index (χ0n) is 24.5. The summed E-state index contributed by atoms with van der Waals surface area (Å²) in [5.41, 5.74) is 7.95. The molecule has 1 amide bonds. The van der Waals surface area contributed by atoms with Crippen molar-refractivity contribution in [3.8, 4) is 11.8 Å². The van der Waals surface area contributed by atoms with Crippen LogP contribution in [0.1, 0.15) is 75.1 Å². The standard InChI is InChI=1S/C32H41N5O3S/c1-32(2,3)40-31(38)37(30(33)34)19-10-6-5-7-12-23-13-11-14-24(22-23)28(39-25-17-20-36(4)21-18-25)29-35-26-15-8-9-16-27(26)41-29/h8-9,11,13-16,22,25,28H,5-6,10,17-21H2,1-4H3,(H3,33,34). The fraction of sp³-hybridized carbons (Fsp3) is 0.469. The number of thiazole rings is 1. The van der Waals surface area contributed by atoms with Crippen molar-refractivity contribution in [2.24, 2.45) is 5.73 Å². The van der Waals surface area contributed by atoms with E-state index in [1.54, 1.807) is 32.1 Å². The van der Waals surface area contributed by atoms with Gasteiger partial charge in [0.2, 0.25) is 0 Å². The van der Waals surface area contributed by atoms with E-state index in [1.807, 2.05) is 30.3 Å². The molecule has 8 nitrogen and oxygen atoms in total. The fourth-order valence-corrected chi connectivity index (χ4v) is 5.68. The largest absolute Gasteiger partial charge is 0.443 e. The van der Waals surface area contributed by atoms with Crippen molar-refractivity contribution in [3.05, 3.63) is 64.7 Å². The molecular formula is C32H41N5O3S. The number of rotatable bonds is 8. The number of unbranched alkanes of at least 4 members (excludes halogenated alkanes) is 2. The number of amides is 1. The third-order valence-electron chi connectivity index (χ3n) is 6.79. The molecule has 1 atom stereocenters. The van der Waals surface area contributed by atoms with Crippen molar-refractivity contribution in [2.75, 3.05) is 26.7 Å². The van der Waals surface area contributed by atoms with Crippen LogP contribution in [0.25, 0.3) is 10.2 Å². The third kappa shape index (κ3) is 9.02. The molecule has 2 heterocycles. The Hall–Kier alpha value is -3.45. The Morgan fingerprint density at radius 2 is 1.95 bits per heavy atom. The summed E-state index contributed by atoms with van der Waals surface area (Å²) in [6.07, 6.45) is 3.46.